The van der Waals surface area contributed by atoms with E-state index in [9.17, 15) is 9.59 Å². The molecule has 0 aromatic heterocycles. The Morgan fingerprint density at radius 2 is 1.71 bits per heavy atom. The van der Waals surface area contributed by atoms with Crippen molar-refractivity contribution in [3.8, 4) is 11.5 Å². The van der Waals surface area contributed by atoms with Crippen molar-refractivity contribution < 1.29 is 19.1 Å². The number of rotatable bonds is 5. The van der Waals surface area contributed by atoms with E-state index in [1.54, 1.807) is 29.2 Å². The molecule has 0 atom stereocenters. The zero-order chi connectivity index (χ0) is 20.1. The highest BCUT2D eigenvalue weighted by Gasteiger charge is 2.22. The summed E-state index contributed by atoms with van der Waals surface area (Å²) in [5.41, 5.74) is 6.05. The average molecular weight is 383 g/mol. The molecule has 7 nitrogen and oxygen atoms in total. The summed E-state index contributed by atoms with van der Waals surface area (Å²) in [4.78, 5) is 25.7. The lowest BCUT2D eigenvalue weighted by Gasteiger charge is -2.27. The summed E-state index contributed by atoms with van der Waals surface area (Å²) in [6.07, 6.45) is 0. The maximum atomic E-state index is 12.7. The molecule has 3 N–H and O–H groups in total. The molecule has 1 fully saturated rings. The van der Waals surface area contributed by atoms with Crippen molar-refractivity contribution >= 4 is 11.9 Å². The Kier molecular flexibility index (Phi) is 5.84. The normalized spacial score (nSPS) is 14.4. The Hall–Kier alpha value is -3.06. The molecule has 7 heteroatoms. The molecule has 28 heavy (non-hydrogen) atoms. The van der Waals surface area contributed by atoms with E-state index >= 15 is 0 Å². The van der Waals surface area contributed by atoms with Crippen molar-refractivity contribution in [1.29, 1.82) is 0 Å². The molecule has 0 aliphatic carbocycles. The lowest BCUT2D eigenvalue weighted by molar-refractivity contribution is 0.0302. The number of nitrogens with two attached hydrogens (primary N) is 1. The van der Waals surface area contributed by atoms with Gasteiger partial charge in [-0.3, -0.25) is 4.79 Å². The molecular formula is C21H25N3O4. The lowest BCUT2D eigenvalue weighted by atomic mass is 9.94. The molecule has 2 aromatic carbocycles. The number of morpholine rings is 1. The summed E-state index contributed by atoms with van der Waals surface area (Å²) in [6, 6.07) is 13.9. The van der Waals surface area contributed by atoms with Crippen molar-refractivity contribution in [3.05, 3.63) is 59.7 Å². The first-order valence-electron chi connectivity index (χ1n) is 9.18. The standard InChI is InChI=1S/C21H25N3O4/c1-21(2,23-20(22)26)16-6-4-8-18(14-16)28-17-7-3-5-15(13-17)19(25)24-9-11-27-12-10-24/h3-8,13-14H,9-12H2,1-2H3,(H3,22,23,26). The summed E-state index contributed by atoms with van der Waals surface area (Å²) >= 11 is 0. The van der Waals surface area contributed by atoms with Crippen LogP contribution in [0.1, 0.15) is 29.8 Å². The molecule has 2 aromatic rings. The van der Waals surface area contributed by atoms with Gasteiger partial charge in [0.15, 0.2) is 0 Å². The summed E-state index contributed by atoms with van der Waals surface area (Å²) in [5, 5.41) is 2.71. The van der Waals surface area contributed by atoms with Gasteiger partial charge in [-0.15, -0.1) is 0 Å². The number of carbonyl (C=O) groups excluding carboxylic acids is 2. The molecule has 3 amide bonds. The van der Waals surface area contributed by atoms with Gasteiger partial charge >= 0.3 is 6.03 Å². The SMILES string of the molecule is CC(C)(NC(N)=O)c1cccc(Oc2cccc(C(=O)N3CCOCC3)c2)c1. The molecule has 0 bridgehead atoms. The maximum absolute atomic E-state index is 12.7. The second-order valence-corrected chi connectivity index (χ2v) is 7.18. The zero-order valence-electron chi connectivity index (χ0n) is 16.1. The number of urea groups is 1. The molecule has 0 radical (unpaired) electrons. The Morgan fingerprint density at radius 3 is 2.39 bits per heavy atom. The van der Waals surface area contributed by atoms with Gasteiger partial charge in [-0.25, -0.2) is 4.79 Å². The van der Waals surface area contributed by atoms with E-state index in [1.807, 2.05) is 38.1 Å². The molecular weight excluding hydrogens is 358 g/mol. The van der Waals surface area contributed by atoms with Gasteiger partial charge in [0.05, 0.1) is 18.8 Å². The first-order valence-corrected chi connectivity index (χ1v) is 9.18. The van der Waals surface area contributed by atoms with Crippen molar-refractivity contribution in [2.45, 2.75) is 19.4 Å². The largest absolute Gasteiger partial charge is 0.457 e. The molecule has 1 aliphatic heterocycles. The number of ether oxygens (including phenoxy) is 2. The fraction of sp³-hybridized carbons (Fsp3) is 0.333. The summed E-state index contributed by atoms with van der Waals surface area (Å²) < 4.78 is 11.3. The summed E-state index contributed by atoms with van der Waals surface area (Å²) in [5.74, 6) is 1.14. The molecule has 1 aliphatic rings. The molecule has 0 spiro atoms. The topological polar surface area (TPSA) is 93.9 Å². The van der Waals surface area contributed by atoms with Crippen LogP contribution in [-0.2, 0) is 10.3 Å². The van der Waals surface area contributed by atoms with Gasteiger partial charge in [0.1, 0.15) is 11.5 Å². The number of primary amides is 1. The fourth-order valence-corrected chi connectivity index (χ4v) is 3.11. The highest BCUT2D eigenvalue weighted by atomic mass is 16.5. The molecule has 0 saturated carbocycles. The van der Waals surface area contributed by atoms with Gasteiger partial charge < -0.3 is 25.4 Å². The van der Waals surface area contributed by atoms with E-state index in [1.165, 1.54) is 0 Å². The van der Waals surface area contributed by atoms with Gasteiger partial charge in [0, 0.05) is 18.7 Å². The van der Waals surface area contributed by atoms with E-state index in [0.29, 0.717) is 43.4 Å². The van der Waals surface area contributed by atoms with Gasteiger partial charge in [-0.2, -0.15) is 0 Å². The molecule has 1 heterocycles. The Morgan fingerprint density at radius 1 is 1.07 bits per heavy atom. The molecule has 1 saturated heterocycles. The number of hydrogen-bond acceptors (Lipinski definition) is 4. The van der Waals surface area contributed by atoms with Gasteiger partial charge in [-0.05, 0) is 49.7 Å². The van der Waals surface area contributed by atoms with Crippen molar-refractivity contribution in [2.24, 2.45) is 5.73 Å². The highest BCUT2D eigenvalue weighted by molar-refractivity contribution is 5.94. The van der Waals surface area contributed by atoms with Crippen molar-refractivity contribution in [1.82, 2.24) is 10.2 Å². The number of benzene rings is 2. The van der Waals surface area contributed by atoms with Crippen LogP contribution in [0.3, 0.4) is 0 Å². The quantitative estimate of drug-likeness (QED) is 0.830. The zero-order valence-corrected chi connectivity index (χ0v) is 16.1. The van der Waals surface area contributed by atoms with Crippen molar-refractivity contribution in [3.63, 3.8) is 0 Å². The number of carbonyl (C=O) groups is 2. The molecule has 148 valence electrons. The average Bonchev–Trinajstić information content (AvgIpc) is 2.67. The van der Waals surface area contributed by atoms with Crippen LogP contribution in [0.25, 0.3) is 0 Å². The minimum absolute atomic E-state index is 0.0331. The van der Waals surface area contributed by atoms with Gasteiger partial charge in [0.2, 0.25) is 0 Å². The van der Waals surface area contributed by atoms with Crippen molar-refractivity contribution in [2.75, 3.05) is 26.3 Å². The predicted octanol–water partition coefficient (Wildman–Crippen LogP) is 2.85. The molecule has 3 rings (SSSR count). The third-order valence-corrected chi connectivity index (χ3v) is 4.61. The van der Waals surface area contributed by atoms with E-state index in [-0.39, 0.29) is 5.91 Å². The third kappa shape index (κ3) is 4.80. The second-order valence-electron chi connectivity index (χ2n) is 7.18. The van der Waals surface area contributed by atoms with Crippen LogP contribution in [0.4, 0.5) is 4.79 Å². The number of hydrogen-bond donors (Lipinski definition) is 2. The lowest BCUT2D eigenvalue weighted by Crippen LogP contribution is -2.43. The number of amides is 3. The van der Waals surface area contributed by atoms with Gasteiger partial charge in [-0.1, -0.05) is 18.2 Å². The minimum atomic E-state index is -0.640. The number of nitrogens with one attached hydrogen (secondary N) is 1. The van der Waals surface area contributed by atoms with E-state index in [2.05, 4.69) is 5.32 Å². The Bertz CT molecular complexity index is 860. The Labute approximate surface area is 164 Å². The monoisotopic (exact) mass is 383 g/mol. The van der Waals surface area contributed by atoms with E-state index in [0.717, 1.165) is 5.56 Å². The van der Waals surface area contributed by atoms with Crippen LogP contribution in [-0.4, -0.2) is 43.1 Å². The van der Waals surface area contributed by atoms with Crippen LogP contribution >= 0.6 is 0 Å². The second kappa shape index (κ2) is 8.31. The first kappa shape index (κ1) is 19.7. The van der Waals surface area contributed by atoms with Crippen LogP contribution < -0.4 is 15.8 Å². The summed E-state index contributed by atoms with van der Waals surface area (Å²) in [7, 11) is 0. The number of nitrogens with zero attached hydrogens (tertiary/aromatic N) is 1. The maximum Gasteiger partial charge on any atom is 0.312 e. The Balaban J connectivity index is 1.76. The van der Waals surface area contributed by atoms with Crippen LogP contribution in [0.15, 0.2) is 48.5 Å². The summed E-state index contributed by atoms with van der Waals surface area (Å²) in [6.45, 7) is 6.02. The van der Waals surface area contributed by atoms with Gasteiger partial charge in [0.25, 0.3) is 5.91 Å². The minimum Gasteiger partial charge on any atom is -0.457 e. The van der Waals surface area contributed by atoms with E-state index in [4.69, 9.17) is 15.2 Å². The molecule has 0 unspecified atom stereocenters. The van der Waals surface area contributed by atoms with Crippen LogP contribution in [0, 0.1) is 0 Å². The fourth-order valence-electron chi connectivity index (χ4n) is 3.11. The highest BCUT2D eigenvalue weighted by Crippen LogP contribution is 2.28. The van der Waals surface area contributed by atoms with E-state index < -0.39 is 11.6 Å². The smallest absolute Gasteiger partial charge is 0.312 e. The third-order valence-electron chi connectivity index (χ3n) is 4.61. The first-order chi connectivity index (χ1) is 13.3. The predicted molar refractivity (Wildman–Crippen MR) is 105 cm³/mol. The van der Waals surface area contributed by atoms with Crippen LogP contribution in [0.2, 0.25) is 0 Å². The van der Waals surface area contributed by atoms with Crippen LogP contribution in [0.5, 0.6) is 11.5 Å².